The summed E-state index contributed by atoms with van der Waals surface area (Å²) in [5.74, 6) is 0.525. The van der Waals surface area contributed by atoms with Crippen LogP contribution in [-0.4, -0.2) is 33.7 Å². The zero-order valence-electron chi connectivity index (χ0n) is 13.4. The van der Waals surface area contributed by atoms with Crippen molar-refractivity contribution in [2.24, 2.45) is 0 Å². The fourth-order valence-corrected chi connectivity index (χ4v) is 2.91. The Bertz CT molecular complexity index is 610. The molecule has 2 N–H and O–H groups in total. The van der Waals surface area contributed by atoms with Gasteiger partial charge in [-0.05, 0) is 63.3 Å². The van der Waals surface area contributed by atoms with Crippen molar-refractivity contribution in [3.8, 4) is 0 Å². The van der Waals surface area contributed by atoms with E-state index in [2.05, 4.69) is 11.1 Å². The predicted octanol–water partition coefficient (Wildman–Crippen LogP) is 3.22. The predicted molar refractivity (Wildman–Crippen MR) is 86.1 cm³/mol. The molecule has 0 saturated heterocycles. The summed E-state index contributed by atoms with van der Waals surface area (Å²) in [5.41, 5.74) is 7.45. The molecule has 0 bridgehead atoms. The molecule has 0 radical (unpaired) electrons. The molecule has 0 unspecified atom stereocenters. The highest BCUT2D eigenvalue weighted by Gasteiger charge is 2.52. The number of nitrogens with zero attached hydrogens (tertiary/aromatic N) is 2. The van der Waals surface area contributed by atoms with E-state index in [-0.39, 0.29) is 11.6 Å². The van der Waals surface area contributed by atoms with Crippen LogP contribution in [0.15, 0.2) is 24.4 Å². The van der Waals surface area contributed by atoms with Crippen LogP contribution < -0.4 is 5.73 Å². The lowest BCUT2D eigenvalue weighted by atomic mass is 9.93. The quantitative estimate of drug-likeness (QED) is 0.864. The maximum atomic E-state index is 12.4. The molecule has 1 saturated carbocycles. The highest BCUT2D eigenvalue weighted by atomic mass is 16.6. The molecule has 1 fully saturated rings. The van der Waals surface area contributed by atoms with Crippen LogP contribution in [0.25, 0.3) is 5.57 Å². The standard InChI is InChI=1S/C17H23N3O2/c1-16(2,3)22-15(21)20-9-6-12(10-17(20)7-8-17)13-4-5-14(18)19-11-13/h4-6,11H,7-10H2,1-3H3,(H2,18,19). The number of carbonyl (C=O) groups excluding carboxylic acids is 1. The third-order valence-corrected chi connectivity index (χ3v) is 4.21. The summed E-state index contributed by atoms with van der Waals surface area (Å²) in [4.78, 5) is 18.4. The lowest BCUT2D eigenvalue weighted by molar-refractivity contribution is 0.0153. The SMILES string of the molecule is CC(C)(C)OC(=O)N1CC=C(c2ccc(N)nc2)CC12CC2. The lowest BCUT2D eigenvalue weighted by Crippen LogP contribution is -2.47. The molecule has 22 heavy (non-hydrogen) atoms. The first kappa shape index (κ1) is 14.9. The molecule has 5 heteroatoms. The van der Waals surface area contributed by atoms with Crippen LogP contribution >= 0.6 is 0 Å². The molecule has 2 aliphatic rings. The molecule has 1 aliphatic heterocycles. The van der Waals surface area contributed by atoms with Crippen LogP contribution in [0.5, 0.6) is 0 Å². The first-order chi connectivity index (χ1) is 10.3. The molecular weight excluding hydrogens is 278 g/mol. The van der Waals surface area contributed by atoms with E-state index in [4.69, 9.17) is 10.5 Å². The average molecular weight is 301 g/mol. The number of ether oxygens (including phenoxy) is 1. The van der Waals surface area contributed by atoms with Gasteiger partial charge in [-0.1, -0.05) is 6.08 Å². The number of carbonyl (C=O) groups is 1. The highest BCUT2D eigenvalue weighted by Crippen LogP contribution is 2.50. The van der Waals surface area contributed by atoms with Crippen molar-refractivity contribution in [3.05, 3.63) is 30.0 Å². The summed E-state index contributed by atoms with van der Waals surface area (Å²) >= 11 is 0. The third-order valence-electron chi connectivity index (χ3n) is 4.21. The normalized spacial score (nSPS) is 19.8. The van der Waals surface area contributed by atoms with Crippen molar-refractivity contribution in [1.29, 1.82) is 0 Å². The van der Waals surface area contributed by atoms with Crippen LogP contribution in [0, 0.1) is 0 Å². The number of amides is 1. The van der Waals surface area contributed by atoms with Crippen molar-refractivity contribution in [2.45, 2.75) is 51.2 Å². The monoisotopic (exact) mass is 301 g/mol. The second-order valence-corrected chi connectivity index (χ2v) is 7.19. The molecule has 1 amide bonds. The van der Waals surface area contributed by atoms with Crippen molar-refractivity contribution in [1.82, 2.24) is 9.88 Å². The fraction of sp³-hybridized carbons (Fsp3) is 0.529. The van der Waals surface area contributed by atoms with Gasteiger partial charge in [-0.25, -0.2) is 9.78 Å². The molecule has 1 aromatic heterocycles. The largest absolute Gasteiger partial charge is 0.444 e. The van der Waals surface area contributed by atoms with Gasteiger partial charge >= 0.3 is 6.09 Å². The van der Waals surface area contributed by atoms with E-state index >= 15 is 0 Å². The maximum Gasteiger partial charge on any atom is 0.411 e. The Balaban J connectivity index is 1.78. The number of nitrogens with two attached hydrogens (primary N) is 1. The van der Waals surface area contributed by atoms with Gasteiger partial charge in [-0.2, -0.15) is 0 Å². The molecule has 1 aliphatic carbocycles. The molecule has 0 atom stereocenters. The van der Waals surface area contributed by atoms with E-state index in [9.17, 15) is 4.79 Å². The Hall–Kier alpha value is -2.04. The molecule has 1 aromatic rings. The third kappa shape index (κ3) is 2.93. The second-order valence-electron chi connectivity index (χ2n) is 7.19. The van der Waals surface area contributed by atoms with E-state index in [1.54, 1.807) is 6.20 Å². The maximum absolute atomic E-state index is 12.4. The summed E-state index contributed by atoms with van der Waals surface area (Å²) in [6, 6.07) is 3.81. The molecule has 2 heterocycles. The van der Waals surface area contributed by atoms with Gasteiger partial charge in [0.15, 0.2) is 0 Å². The van der Waals surface area contributed by atoms with Crippen LogP contribution in [0.2, 0.25) is 0 Å². The minimum atomic E-state index is -0.460. The summed E-state index contributed by atoms with van der Waals surface area (Å²) in [7, 11) is 0. The van der Waals surface area contributed by atoms with Gasteiger partial charge in [-0.3, -0.25) is 4.90 Å². The summed E-state index contributed by atoms with van der Waals surface area (Å²) in [6.45, 7) is 6.29. The first-order valence-corrected chi connectivity index (χ1v) is 7.71. The molecular formula is C17H23N3O2. The number of hydrogen-bond donors (Lipinski definition) is 1. The second kappa shape index (κ2) is 5.00. The van der Waals surface area contributed by atoms with E-state index in [0.29, 0.717) is 12.4 Å². The lowest BCUT2D eigenvalue weighted by Gasteiger charge is -2.37. The molecule has 5 nitrogen and oxygen atoms in total. The van der Waals surface area contributed by atoms with Crippen molar-refractivity contribution in [2.75, 3.05) is 12.3 Å². The zero-order valence-corrected chi connectivity index (χ0v) is 13.4. The Morgan fingerprint density at radius 3 is 2.64 bits per heavy atom. The van der Waals surface area contributed by atoms with Gasteiger partial charge in [0.05, 0.1) is 5.54 Å². The fourth-order valence-electron chi connectivity index (χ4n) is 2.91. The molecule has 1 spiro atoms. The Labute approximate surface area is 131 Å². The summed E-state index contributed by atoms with van der Waals surface area (Å²) in [6.07, 6.45) is 6.62. The van der Waals surface area contributed by atoms with E-state index in [1.807, 2.05) is 37.8 Å². The zero-order chi connectivity index (χ0) is 16.0. The van der Waals surface area contributed by atoms with Crippen molar-refractivity contribution >= 4 is 17.5 Å². The van der Waals surface area contributed by atoms with Gasteiger partial charge in [0.1, 0.15) is 11.4 Å². The topological polar surface area (TPSA) is 68.5 Å². The number of nitrogen functional groups attached to an aromatic ring is 1. The first-order valence-electron chi connectivity index (χ1n) is 7.71. The number of aromatic nitrogens is 1. The Kier molecular flexibility index (Phi) is 3.38. The van der Waals surface area contributed by atoms with Gasteiger partial charge in [0.2, 0.25) is 0 Å². The van der Waals surface area contributed by atoms with Gasteiger partial charge < -0.3 is 10.5 Å². The minimum absolute atomic E-state index is 0.0617. The van der Waals surface area contributed by atoms with Gasteiger partial charge in [0, 0.05) is 12.7 Å². The van der Waals surface area contributed by atoms with E-state index < -0.39 is 5.60 Å². The van der Waals surface area contributed by atoms with Crippen LogP contribution in [0.1, 0.15) is 45.6 Å². The van der Waals surface area contributed by atoms with Crippen LogP contribution in [0.4, 0.5) is 10.6 Å². The van der Waals surface area contributed by atoms with E-state index in [0.717, 1.165) is 24.8 Å². The number of hydrogen-bond acceptors (Lipinski definition) is 4. The number of rotatable bonds is 1. The van der Waals surface area contributed by atoms with Gasteiger partial charge in [0.25, 0.3) is 0 Å². The number of pyridine rings is 1. The van der Waals surface area contributed by atoms with Crippen molar-refractivity contribution in [3.63, 3.8) is 0 Å². The Morgan fingerprint density at radius 2 is 2.09 bits per heavy atom. The van der Waals surface area contributed by atoms with E-state index in [1.165, 1.54) is 5.57 Å². The molecule has 118 valence electrons. The highest BCUT2D eigenvalue weighted by molar-refractivity contribution is 5.75. The molecule has 0 aromatic carbocycles. The van der Waals surface area contributed by atoms with Crippen LogP contribution in [-0.2, 0) is 4.74 Å². The number of anilines is 1. The van der Waals surface area contributed by atoms with Crippen LogP contribution in [0.3, 0.4) is 0 Å². The summed E-state index contributed by atoms with van der Waals surface area (Å²) in [5, 5.41) is 0. The van der Waals surface area contributed by atoms with Gasteiger partial charge in [-0.15, -0.1) is 0 Å². The smallest absolute Gasteiger partial charge is 0.411 e. The average Bonchev–Trinajstić information content (AvgIpc) is 3.17. The van der Waals surface area contributed by atoms with Crippen molar-refractivity contribution < 1.29 is 9.53 Å². The molecule has 3 rings (SSSR count). The Morgan fingerprint density at radius 1 is 1.36 bits per heavy atom. The summed E-state index contributed by atoms with van der Waals surface area (Å²) < 4.78 is 5.54. The minimum Gasteiger partial charge on any atom is -0.444 e.